The second-order valence-electron chi connectivity index (χ2n) is 2.98. The predicted octanol–water partition coefficient (Wildman–Crippen LogP) is 4.70. The molecular weight excluding hydrogens is 281 g/mol. The highest BCUT2D eigenvalue weighted by atomic mass is 35.5. The summed E-state index contributed by atoms with van der Waals surface area (Å²) in [5.41, 5.74) is -1.37. The van der Waals surface area contributed by atoms with Crippen molar-refractivity contribution in [2.45, 2.75) is 18.8 Å². The van der Waals surface area contributed by atoms with Gasteiger partial charge in [0.1, 0.15) is 5.92 Å². The zero-order valence-corrected chi connectivity index (χ0v) is 8.82. The van der Waals surface area contributed by atoms with Crippen molar-refractivity contribution < 1.29 is 26.3 Å². The van der Waals surface area contributed by atoms with Crippen molar-refractivity contribution in [2.24, 2.45) is 0 Å². The van der Waals surface area contributed by atoms with Crippen molar-refractivity contribution in [3.63, 3.8) is 0 Å². The summed E-state index contributed by atoms with van der Waals surface area (Å²) >= 11 is 10.4. The minimum atomic E-state index is -4.93. The smallest absolute Gasteiger partial charge is 0.170 e. The lowest BCUT2D eigenvalue weighted by molar-refractivity contribution is -0.118. The average molecular weight is 284 g/mol. The number of allylic oxidation sites excluding steroid dienone is 4. The summed E-state index contributed by atoms with van der Waals surface area (Å²) < 4.78 is 73.6. The minimum Gasteiger partial charge on any atom is -0.170 e. The summed E-state index contributed by atoms with van der Waals surface area (Å²) in [6.45, 7) is 0. The number of halogens is 8. The molecule has 91 valence electrons. The molecule has 0 amide bonds. The van der Waals surface area contributed by atoms with Crippen LogP contribution in [0.5, 0.6) is 0 Å². The molecule has 0 bridgehead atoms. The molecule has 0 fully saturated rings. The van der Waals surface area contributed by atoms with Crippen LogP contribution in [0.4, 0.5) is 26.3 Å². The molecule has 1 radical (unpaired) electrons. The lowest BCUT2D eigenvalue weighted by Gasteiger charge is -2.25. The van der Waals surface area contributed by atoms with Crippen molar-refractivity contribution in [1.82, 2.24) is 0 Å². The number of rotatable bonds is 0. The highest BCUT2D eigenvalue weighted by Crippen LogP contribution is 2.48. The fourth-order valence-corrected chi connectivity index (χ4v) is 1.56. The Morgan fingerprint density at radius 2 is 1.44 bits per heavy atom. The van der Waals surface area contributed by atoms with E-state index in [4.69, 9.17) is 23.2 Å². The van der Waals surface area contributed by atoms with Crippen LogP contribution >= 0.6 is 23.2 Å². The molecule has 0 saturated heterocycles. The fourth-order valence-electron chi connectivity index (χ4n) is 1.09. The van der Waals surface area contributed by atoms with Gasteiger partial charge in [0.25, 0.3) is 0 Å². The lowest BCUT2D eigenvalue weighted by Crippen LogP contribution is -2.27. The number of alkyl halides is 6. The Bertz CT molecular complexity index is 349. The van der Waals surface area contributed by atoms with E-state index in [1.54, 1.807) is 0 Å². The zero-order chi connectivity index (χ0) is 12.7. The van der Waals surface area contributed by atoms with Gasteiger partial charge in [0.15, 0.2) is 0 Å². The first-order chi connectivity index (χ1) is 7.03. The van der Waals surface area contributed by atoms with E-state index >= 15 is 0 Å². The van der Waals surface area contributed by atoms with Crippen LogP contribution in [0, 0.1) is 5.92 Å². The molecule has 0 aromatic rings. The van der Waals surface area contributed by atoms with Crippen LogP contribution in [0.3, 0.4) is 0 Å². The molecule has 16 heavy (non-hydrogen) atoms. The first-order valence-electron chi connectivity index (χ1n) is 3.80. The summed E-state index contributed by atoms with van der Waals surface area (Å²) in [6, 6.07) is 0. The van der Waals surface area contributed by atoms with E-state index in [9.17, 15) is 26.3 Å². The second-order valence-corrected chi connectivity index (χ2v) is 3.77. The Labute approximate surface area is 96.5 Å². The summed E-state index contributed by atoms with van der Waals surface area (Å²) in [6.07, 6.45) is -10.7. The summed E-state index contributed by atoms with van der Waals surface area (Å²) in [5.74, 6) is -1.48. The molecule has 0 heterocycles. The van der Waals surface area contributed by atoms with Gasteiger partial charge in [0.05, 0.1) is 10.1 Å². The molecule has 0 atom stereocenters. The highest BCUT2D eigenvalue weighted by molar-refractivity contribution is 6.41. The van der Waals surface area contributed by atoms with Crippen LogP contribution in [0.15, 0.2) is 21.7 Å². The van der Waals surface area contributed by atoms with E-state index in [2.05, 4.69) is 0 Å². The van der Waals surface area contributed by atoms with Crippen LogP contribution in [-0.2, 0) is 0 Å². The largest absolute Gasteiger partial charge is 0.412 e. The summed E-state index contributed by atoms with van der Waals surface area (Å²) in [5, 5.41) is -1.64. The number of hydrogen-bond acceptors (Lipinski definition) is 0. The van der Waals surface area contributed by atoms with Gasteiger partial charge in [-0.3, -0.25) is 0 Å². The predicted molar refractivity (Wildman–Crippen MR) is 46.8 cm³/mol. The monoisotopic (exact) mass is 283 g/mol. The van der Waals surface area contributed by atoms with Crippen LogP contribution < -0.4 is 0 Å². The number of hydrogen-bond donors (Lipinski definition) is 0. The summed E-state index contributed by atoms with van der Waals surface area (Å²) in [7, 11) is 0. The SMILES string of the molecule is FC(F)(F)[C]1CC(C(F)(F)F)=CC(Cl)=C1Cl. The highest BCUT2D eigenvalue weighted by Gasteiger charge is 2.49. The van der Waals surface area contributed by atoms with E-state index < -0.39 is 40.3 Å². The third-order valence-corrected chi connectivity index (χ3v) is 2.68. The van der Waals surface area contributed by atoms with Crippen molar-refractivity contribution in [3.05, 3.63) is 27.6 Å². The summed E-state index contributed by atoms with van der Waals surface area (Å²) in [4.78, 5) is 0. The van der Waals surface area contributed by atoms with Crippen LogP contribution in [-0.4, -0.2) is 12.4 Å². The minimum absolute atomic E-state index is 0.402. The molecule has 1 aliphatic carbocycles. The van der Waals surface area contributed by atoms with E-state index in [1.165, 1.54) is 0 Å². The quantitative estimate of drug-likeness (QED) is 0.565. The second kappa shape index (κ2) is 4.14. The Morgan fingerprint density at radius 1 is 0.938 bits per heavy atom. The maximum atomic E-state index is 12.3. The molecule has 0 aromatic heterocycles. The van der Waals surface area contributed by atoms with Gasteiger partial charge in [-0.2, -0.15) is 26.3 Å². The van der Waals surface area contributed by atoms with Crippen molar-refractivity contribution in [3.8, 4) is 0 Å². The molecule has 8 heteroatoms. The molecule has 0 N–H and O–H groups in total. The first kappa shape index (κ1) is 13.7. The molecule has 0 aliphatic heterocycles. The molecule has 1 aliphatic rings. The van der Waals surface area contributed by atoms with Gasteiger partial charge in [0, 0.05) is 5.57 Å². The average Bonchev–Trinajstić information content (AvgIpc) is 2.05. The van der Waals surface area contributed by atoms with Gasteiger partial charge >= 0.3 is 12.4 Å². The van der Waals surface area contributed by atoms with Gasteiger partial charge < -0.3 is 0 Å². The van der Waals surface area contributed by atoms with Gasteiger partial charge in [-0.05, 0) is 12.5 Å². The van der Waals surface area contributed by atoms with E-state index in [1.807, 2.05) is 0 Å². The molecule has 0 aromatic carbocycles. The molecule has 0 unspecified atom stereocenters. The van der Waals surface area contributed by atoms with Gasteiger partial charge in [0.2, 0.25) is 0 Å². The Balaban J connectivity index is 3.13. The Morgan fingerprint density at radius 3 is 1.81 bits per heavy atom. The van der Waals surface area contributed by atoms with Crippen molar-refractivity contribution in [2.75, 3.05) is 0 Å². The maximum absolute atomic E-state index is 12.3. The molecule has 0 spiro atoms. The third-order valence-electron chi connectivity index (χ3n) is 1.85. The molecule has 0 nitrogen and oxygen atoms in total. The fraction of sp³-hybridized carbons (Fsp3) is 0.375. The molecular formula is C8H3Cl2F6. The van der Waals surface area contributed by atoms with E-state index in [-0.39, 0.29) is 0 Å². The van der Waals surface area contributed by atoms with Crippen LogP contribution in [0.25, 0.3) is 0 Å². The normalized spacial score (nSPS) is 20.1. The first-order valence-corrected chi connectivity index (χ1v) is 4.55. The van der Waals surface area contributed by atoms with Crippen LogP contribution in [0.2, 0.25) is 0 Å². The van der Waals surface area contributed by atoms with Gasteiger partial charge in [-0.1, -0.05) is 23.2 Å². The van der Waals surface area contributed by atoms with E-state index in [0.29, 0.717) is 6.08 Å². The Kier molecular flexibility index (Phi) is 3.55. The third kappa shape index (κ3) is 2.85. The van der Waals surface area contributed by atoms with E-state index in [0.717, 1.165) is 0 Å². The van der Waals surface area contributed by atoms with Crippen molar-refractivity contribution >= 4 is 23.2 Å². The van der Waals surface area contributed by atoms with Crippen molar-refractivity contribution in [1.29, 1.82) is 0 Å². The topological polar surface area (TPSA) is 0 Å². The Hall–Kier alpha value is -0.360. The molecule has 1 rings (SSSR count). The standard InChI is InChI=1S/C8H3Cl2F6/c9-5-2-3(7(11,12)13)1-4(6(5)10)8(14,15)16/h2H,1H2. The lowest BCUT2D eigenvalue weighted by atomic mass is 9.93. The van der Waals surface area contributed by atoms with Gasteiger partial charge in [-0.25, -0.2) is 0 Å². The van der Waals surface area contributed by atoms with Gasteiger partial charge in [-0.15, -0.1) is 0 Å². The zero-order valence-electron chi connectivity index (χ0n) is 7.31. The molecule has 0 saturated carbocycles. The van der Waals surface area contributed by atoms with Crippen LogP contribution in [0.1, 0.15) is 6.42 Å². The maximum Gasteiger partial charge on any atom is 0.412 e.